The van der Waals surface area contributed by atoms with Crippen molar-refractivity contribution in [3.05, 3.63) is 0 Å². The molecule has 3 heteroatoms. The van der Waals surface area contributed by atoms with Crippen LogP contribution in [0.2, 0.25) is 0 Å². The van der Waals surface area contributed by atoms with Gasteiger partial charge in [-0.3, -0.25) is 9.80 Å². The maximum atomic E-state index is 3.44. The summed E-state index contributed by atoms with van der Waals surface area (Å²) < 4.78 is 0. The van der Waals surface area contributed by atoms with Crippen molar-refractivity contribution in [1.29, 1.82) is 0 Å². The van der Waals surface area contributed by atoms with E-state index in [1.807, 2.05) is 0 Å². The zero-order valence-electron chi connectivity index (χ0n) is 11.2. The first-order valence-corrected chi connectivity index (χ1v) is 7.55. The number of hydrogen-bond acceptors (Lipinski definition) is 3. The van der Waals surface area contributed by atoms with E-state index in [0.29, 0.717) is 0 Å². The van der Waals surface area contributed by atoms with Crippen molar-refractivity contribution in [2.45, 2.75) is 44.7 Å². The molecule has 3 rings (SSSR count). The fraction of sp³-hybridized carbons (Fsp3) is 1.00. The third kappa shape index (κ3) is 2.51. The Hall–Kier alpha value is -0.120. The lowest BCUT2D eigenvalue weighted by atomic mass is 10.0. The van der Waals surface area contributed by atoms with Crippen LogP contribution < -0.4 is 5.32 Å². The van der Waals surface area contributed by atoms with E-state index in [9.17, 15) is 0 Å². The Labute approximate surface area is 106 Å². The Balaban J connectivity index is 1.42. The molecule has 1 aliphatic carbocycles. The third-order valence-corrected chi connectivity index (χ3v) is 5.17. The Morgan fingerprint density at radius 2 is 1.76 bits per heavy atom. The summed E-state index contributed by atoms with van der Waals surface area (Å²) in [5, 5.41) is 3.44. The first-order chi connectivity index (χ1) is 8.36. The molecule has 0 aromatic heterocycles. The normalized spacial score (nSPS) is 37.2. The van der Waals surface area contributed by atoms with Crippen LogP contribution in [0.1, 0.15) is 32.6 Å². The highest BCUT2D eigenvalue weighted by molar-refractivity contribution is 4.95. The maximum absolute atomic E-state index is 3.44. The Morgan fingerprint density at radius 3 is 2.41 bits per heavy atom. The van der Waals surface area contributed by atoms with Gasteiger partial charge in [0.2, 0.25) is 0 Å². The summed E-state index contributed by atoms with van der Waals surface area (Å²) in [7, 11) is 0. The summed E-state index contributed by atoms with van der Waals surface area (Å²) in [5.74, 6) is 1.03. The van der Waals surface area contributed by atoms with Crippen LogP contribution in [-0.2, 0) is 0 Å². The first kappa shape index (κ1) is 11.9. The van der Waals surface area contributed by atoms with Crippen molar-refractivity contribution in [3.63, 3.8) is 0 Å². The Bertz CT molecular complexity index is 244. The van der Waals surface area contributed by atoms with Crippen molar-refractivity contribution >= 4 is 0 Å². The maximum Gasteiger partial charge on any atom is 0.0351 e. The largest absolute Gasteiger partial charge is 0.314 e. The van der Waals surface area contributed by atoms with Gasteiger partial charge in [-0.25, -0.2) is 0 Å². The van der Waals surface area contributed by atoms with Gasteiger partial charge in [0.15, 0.2) is 0 Å². The molecule has 0 radical (unpaired) electrons. The topological polar surface area (TPSA) is 18.5 Å². The number of nitrogens with zero attached hydrogens (tertiary/aromatic N) is 2. The van der Waals surface area contributed by atoms with E-state index in [-0.39, 0.29) is 0 Å². The number of nitrogens with one attached hydrogen (secondary N) is 1. The molecule has 0 spiro atoms. The minimum Gasteiger partial charge on any atom is -0.314 e. The fourth-order valence-electron chi connectivity index (χ4n) is 3.82. The van der Waals surface area contributed by atoms with Gasteiger partial charge in [-0.2, -0.15) is 0 Å². The molecule has 2 atom stereocenters. The lowest BCUT2D eigenvalue weighted by molar-refractivity contribution is 0.000294. The van der Waals surface area contributed by atoms with E-state index >= 15 is 0 Å². The van der Waals surface area contributed by atoms with Gasteiger partial charge in [-0.15, -0.1) is 0 Å². The van der Waals surface area contributed by atoms with Crippen LogP contribution in [0.25, 0.3) is 0 Å². The molecule has 0 aromatic carbocycles. The lowest BCUT2D eigenvalue weighted by Gasteiger charge is -2.49. The minimum absolute atomic E-state index is 0.873. The van der Waals surface area contributed by atoms with Gasteiger partial charge in [0.05, 0.1) is 0 Å². The van der Waals surface area contributed by atoms with E-state index < -0.39 is 0 Å². The summed E-state index contributed by atoms with van der Waals surface area (Å²) >= 11 is 0. The molecular formula is C14H27N3. The molecule has 1 saturated carbocycles. The highest BCUT2D eigenvalue weighted by Crippen LogP contribution is 2.34. The average Bonchev–Trinajstić information content (AvgIpc) is 2.77. The van der Waals surface area contributed by atoms with Crippen molar-refractivity contribution in [1.82, 2.24) is 15.1 Å². The van der Waals surface area contributed by atoms with Crippen LogP contribution in [0, 0.1) is 5.92 Å². The number of rotatable bonds is 3. The van der Waals surface area contributed by atoms with Crippen LogP contribution in [0.5, 0.6) is 0 Å². The standard InChI is InChI=1S/C14H27N3/c1-2-12-3-4-13(9-12)17-10-14(11-17)16-7-5-15-6-8-16/h12-15H,2-11H2,1H3. The molecule has 0 amide bonds. The lowest BCUT2D eigenvalue weighted by Crippen LogP contribution is -2.64. The van der Waals surface area contributed by atoms with E-state index in [0.717, 1.165) is 18.0 Å². The highest BCUT2D eigenvalue weighted by atomic mass is 15.3. The van der Waals surface area contributed by atoms with Crippen molar-refractivity contribution < 1.29 is 0 Å². The third-order valence-electron chi connectivity index (χ3n) is 5.17. The molecule has 98 valence electrons. The predicted molar refractivity (Wildman–Crippen MR) is 71.2 cm³/mol. The molecule has 1 N–H and O–H groups in total. The summed E-state index contributed by atoms with van der Waals surface area (Å²) in [4.78, 5) is 5.45. The molecule has 17 heavy (non-hydrogen) atoms. The van der Waals surface area contributed by atoms with E-state index in [1.165, 1.54) is 65.0 Å². The molecular weight excluding hydrogens is 210 g/mol. The second-order valence-electron chi connectivity index (χ2n) is 6.13. The molecule has 2 aliphatic heterocycles. The van der Waals surface area contributed by atoms with Gasteiger partial charge in [-0.05, 0) is 25.2 Å². The quantitative estimate of drug-likeness (QED) is 0.794. The smallest absolute Gasteiger partial charge is 0.0351 e. The van der Waals surface area contributed by atoms with Gasteiger partial charge in [0.25, 0.3) is 0 Å². The molecule has 2 heterocycles. The molecule has 0 aromatic rings. The molecule has 2 unspecified atom stereocenters. The summed E-state index contributed by atoms with van der Waals surface area (Å²) in [5.41, 5.74) is 0. The van der Waals surface area contributed by atoms with Crippen LogP contribution in [-0.4, -0.2) is 61.2 Å². The average molecular weight is 237 g/mol. The summed E-state index contributed by atoms with van der Waals surface area (Å²) in [6.07, 6.45) is 5.82. The Morgan fingerprint density at radius 1 is 1.00 bits per heavy atom. The highest BCUT2D eigenvalue weighted by Gasteiger charge is 2.38. The van der Waals surface area contributed by atoms with Gasteiger partial charge in [0, 0.05) is 51.4 Å². The summed E-state index contributed by atoms with van der Waals surface area (Å²) in [6, 6.07) is 1.80. The number of hydrogen-bond donors (Lipinski definition) is 1. The van der Waals surface area contributed by atoms with E-state index in [1.54, 1.807) is 0 Å². The molecule has 3 aliphatic rings. The van der Waals surface area contributed by atoms with Crippen LogP contribution in [0.3, 0.4) is 0 Å². The van der Waals surface area contributed by atoms with Gasteiger partial charge < -0.3 is 5.32 Å². The number of piperazine rings is 1. The summed E-state index contributed by atoms with van der Waals surface area (Å²) in [6.45, 7) is 9.96. The van der Waals surface area contributed by atoms with Gasteiger partial charge >= 0.3 is 0 Å². The zero-order chi connectivity index (χ0) is 11.7. The van der Waals surface area contributed by atoms with Crippen molar-refractivity contribution in [2.24, 2.45) is 5.92 Å². The zero-order valence-corrected chi connectivity index (χ0v) is 11.2. The predicted octanol–water partition coefficient (Wildman–Crippen LogP) is 1.15. The van der Waals surface area contributed by atoms with E-state index in [2.05, 4.69) is 22.0 Å². The van der Waals surface area contributed by atoms with Gasteiger partial charge in [-0.1, -0.05) is 13.3 Å². The first-order valence-electron chi connectivity index (χ1n) is 7.55. The molecule has 3 fully saturated rings. The molecule has 3 nitrogen and oxygen atoms in total. The minimum atomic E-state index is 0.873. The Kier molecular flexibility index (Phi) is 3.69. The fourth-order valence-corrected chi connectivity index (χ4v) is 3.82. The van der Waals surface area contributed by atoms with E-state index in [4.69, 9.17) is 0 Å². The van der Waals surface area contributed by atoms with Crippen molar-refractivity contribution in [3.8, 4) is 0 Å². The molecule has 2 saturated heterocycles. The second-order valence-corrected chi connectivity index (χ2v) is 6.13. The second kappa shape index (κ2) is 5.25. The SMILES string of the molecule is CCC1CCC(N2CC(N3CCNCC3)C2)C1. The van der Waals surface area contributed by atoms with Crippen molar-refractivity contribution in [2.75, 3.05) is 39.3 Å². The van der Waals surface area contributed by atoms with Crippen LogP contribution in [0.15, 0.2) is 0 Å². The monoisotopic (exact) mass is 237 g/mol. The number of likely N-dealkylation sites (tertiary alicyclic amines) is 1. The van der Waals surface area contributed by atoms with Gasteiger partial charge in [0.1, 0.15) is 0 Å². The van der Waals surface area contributed by atoms with Crippen LogP contribution >= 0.6 is 0 Å². The van der Waals surface area contributed by atoms with Crippen LogP contribution in [0.4, 0.5) is 0 Å². The molecule has 0 bridgehead atoms.